The lowest BCUT2D eigenvalue weighted by atomic mass is 10.0. The van der Waals surface area contributed by atoms with Crippen molar-refractivity contribution in [1.29, 1.82) is 0 Å². The van der Waals surface area contributed by atoms with Gasteiger partial charge in [-0.15, -0.1) is 0 Å². The van der Waals surface area contributed by atoms with Gasteiger partial charge in [-0.1, -0.05) is 18.2 Å². The molecule has 1 aromatic rings. The summed E-state index contributed by atoms with van der Waals surface area (Å²) in [6, 6.07) is 6.38. The van der Waals surface area contributed by atoms with Crippen LogP contribution in [0.25, 0.3) is 0 Å². The SMILES string of the molecule is CC1(C)O[C@H]([C@H](O)COCc2ccccc2F)[C@@H]([C@H]2COC(C)(C)O2)O1. The molecule has 26 heavy (non-hydrogen) atoms. The smallest absolute Gasteiger partial charge is 0.164 e. The van der Waals surface area contributed by atoms with E-state index in [0.717, 1.165) is 0 Å². The van der Waals surface area contributed by atoms with E-state index in [1.54, 1.807) is 32.0 Å². The van der Waals surface area contributed by atoms with E-state index in [0.29, 0.717) is 12.2 Å². The Kier molecular flexibility index (Phi) is 5.67. The number of aliphatic hydroxyl groups is 1. The summed E-state index contributed by atoms with van der Waals surface area (Å²) >= 11 is 0. The van der Waals surface area contributed by atoms with Crippen LogP contribution in [0.15, 0.2) is 24.3 Å². The first-order valence-corrected chi connectivity index (χ1v) is 8.83. The predicted octanol–water partition coefficient (Wildman–Crippen LogP) is 2.37. The Labute approximate surface area is 153 Å². The van der Waals surface area contributed by atoms with E-state index in [2.05, 4.69) is 0 Å². The van der Waals surface area contributed by atoms with Gasteiger partial charge in [0.1, 0.15) is 30.2 Å². The van der Waals surface area contributed by atoms with Gasteiger partial charge in [0, 0.05) is 5.56 Å². The zero-order valence-electron chi connectivity index (χ0n) is 15.6. The maximum atomic E-state index is 13.6. The van der Waals surface area contributed by atoms with Crippen LogP contribution in [-0.2, 0) is 30.3 Å². The third-order valence-electron chi connectivity index (χ3n) is 4.44. The first-order chi connectivity index (χ1) is 12.2. The minimum Gasteiger partial charge on any atom is -0.388 e. The maximum absolute atomic E-state index is 13.6. The molecule has 1 N–H and O–H groups in total. The van der Waals surface area contributed by atoms with Crippen LogP contribution in [0.1, 0.15) is 33.3 Å². The first-order valence-electron chi connectivity index (χ1n) is 8.83. The molecule has 2 heterocycles. The summed E-state index contributed by atoms with van der Waals surface area (Å²) in [5.74, 6) is -1.88. The highest BCUT2D eigenvalue weighted by atomic mass is 19.1. The van der Waals surface area contributed by atoms with Crippen molar-refractivity contribution in [1.82, 2.24) is 0 Å². The molecule has 2 aliphatic rings. The Morgan fingerprint density at radius 3 is 2.54 bits per heavy atom. The zero-order chi connectivity index (χ0) is 18.9. The van der Waals surface area contributed by atoms with Crippen molar-refractivity contribution in [2.24, 2.45) is 0 Å². The van der Waals surface area contributed by atoms with E-state index < -0.39 is 29.9 Å². The summed E-state index contributed by atoms with van der Waals surface area (Å²) in [7, 11) is 0. The highest BCUT2D eigenvalue weighted by Gasteiger charge is 2.51. The van der Waals surface area contributed by atoms with E-state index in [4.69, 9.17) is 23.7 Å². The lowest BCUT2D eigenvalue weighted by Gasteiger charge is -2.26. The van der Waals surface area contributed by atoms with E-state index in [1.807, 2.05) is 13.8 Å². The Bertz CT molecular complexity index is 620. The van der Waals surface area contributed by atoms with Crippen LogP contribution in [0.4, 0.5) is 4.39 Å². The number of hydrogen-bond donors (Lipinski definition) is 1. The van der Waals surface area contributed by atoms with Gasteiger partial charge in [-0.05, 0) is 33.8 Å². The van der Waals surface area contributed by atoms with Gasteiger partial charge in [-0.2, -0.15) is 0 Å². The molecule has 0 radical (unpaired) electrons. The van der Waals surface area contributed by atoms with Gasteiger partial charge < -0.3 is 28.8 Å². The van der Waals surface area contributed by atoms with Crippen LogP contribution in [0, 0.1) is 5.82 Å². The fourth-order valence-electron chi connectivity index (χ4n) is 3.28. The van der Waals surface area contributed by atoms with E-state index in [1.165, 1.54) is 6.07 Å². The molecule has 7 heteroatoms. The lowest BCUT2D eigenvalue weighted by molar-refractivity contribution is -0.175. The van der Waals surface area contributed by atoms with Crippen molar-refractivity contribution < 1.29 is 33.2 Å². The van der Waals surface area contributed by atoms with E-state index in [9.17, 15) is 9.50 Å². The fraction of sp³-hybridized carbons (Fsp3) is 0.684. The second kappa shape index (κ2) is 7.50. The average molecular weight is 370 g/mol. The predicted molar refractivity (Wildman–Crippen MR) is 90.8 cm³/mol. The van der Waals surface area contributed by atoms with Gasteiger partial charge in [0.2, 0.25) is 0 Å². The normalized spacial score (nSPS) is 31.2. The second-order valence-corrected chi connectivity index (χ2v) is 7.61. The molecular weight excluding hydrogens is 343 g/mol. The summed E-state index contributed by atoms with van der Waals surface area (Å²) in [4.78, 5) is 0. The molecule has 0 bridgehead atoms. The molecule has 0 amide bonds. The van der Waals surface area contributed by atoms with Crippen molar-refractivity contribution in [3.05, 3.63) is 35.6 Å². The highest BCUT2D eigenvalue weighted by Crippen LogP contribution is 2.36. The van der Waals surface area contributed by atoms with Crippen LogP contribution < -0.4 is 0 Å². The van der Waals surface area contributed by atoms with Gasteiger partial charge in [0.05, 0.1) is 19.8 Å². The van der Waals surface area contributed by atoms with Gasteiger partial charge >= 0.3 is 0 Å². The van der Waals surface area contributed by atoms with Crippen molar-refractivity contribution >= 4 is 0 Å². The molecule has 146 valence electrons. The zero-order valence-corrected chi connectivity index (χ0v) is 15.6. The first kappa shape index (κ1) is 19.7. The molecule has 0 unspecified atom stereocenters. The molecule has 3 rings (SSSR count). The molecule has 6 nitrogen and oxygen atoms in total. The molecule has 2 fully saturated rings. The topological polar surface area (TPSA) is 66.4 Å². The number of rotatable bonds is 6. The molecule has 0 aromatic heterocycles. The highest BCUT2D eigenvalue weighted by molar-refractivity contribution is 5.16. The molecular formula is C19H27FO6. The minimum absolute atomic E-state index is 0.00802. The molecule has 0 spiro atoms. The molecule has 2 aliphatic heterocycles. The van der Waals surface area contributed by atoms with Gasteiger partial charge in [0.15, 0.2) is 11.6 Å². The molecule has 1 aromatic carbocycles. The van der Waals surface area contributed by atoms with Crippen LogP contribution >= 0.6 is 0 Å². The Hall–Kier alpha value is -1.09. The van der Waals surface area contributed by atoms with Crippen LogP contribution in [0.2, 0.25) is 0 Å². The summed E-state index contributed by atoms with van der Waals surface area (Å²) in [5.41, 5.74) is 0.439. The Balaban J connectivity index is 1.59. The maximum Gasteiger partial charge on any atom is 0.164 e. The van der Waals surface area contributed by atoms with Crippen molar-refractivity contribution in [2.75, 3.05) is 13.2 Å². The number of ether oxygens (including phenoxy) is 5. The summed E-state index contributed by atoms with van der Waals surface area (Å²) < 4.78 is 42.4. The third-order valence-corrected chi connectivity index (χ3v) is 4.44. The summed E-state index contributed by atoms with van der Waals surface area (Å²) in [6.07, 6.45) is -2.41. The monoisotopic (exact) mass is 370 g/mol. The van der Waals surface area contributed by atoms with E-state index in [-0.39, 0.29) is 25.1 Å². The van der Waals surface area contributed by atoms with Crippen molar-refractivity contribution in [3.63, 3.8) is 0 Å². The number of benzene rings is 1. The van der Waals surface area contributed by atoms with Gasteiger partial charge in [0.25, 0.3) is 0 Å². The van der Waals surface area contributed by atoms with Gasteiger partial charge in [-0.25, -0.2) is 4.39 Å². The van der Waals surface area contributed by atoms with Crippen LogP contribution in [0.3, 0.4) is 0 Å². The number of halogens is 1. The van der Waals surface area contributed by atoms with E-state index >= 15 is 0 Å². The Morgan fingerprint density at radius 1 is 1.15 bits per heavy atom. The van der Waals surface area contributed by atoms with Gasteiger partial charge in [-0.3, -0.25) is 0 Å². The fourth-order valence-corrected chi connectivity index (χ4v) is 3.28. The molecule has 2 saturated heterocycles. The largest absolute Gasteiger partial charge is 0.388 e. The number of hydrogen-bond acceptors (Lipinski definition) is 6. The summed E-state index contributed by atoms with van der Waals surface area (Å²) in [5, 5.41) is 10.6. The minimum atomic E-state index is -0.944. The molecule has 4 atom stereocenters. The Morgan fingerprint density at radius 2 is 1.88 bits per heavy atom. The standard InChI is InChI=1S/C19H27FO6/c1-18(2)23-11-15(24-18)17-16(25-19(3,4)26-17)14(21)10-22-9-12-7-5-6-8-13(12)20/h5-8,14-17,21H,9-11H2,1-4H3/t14-,15-,16-,17-/m1/s1. The molecule has 0 aliphatic carbocycles. The number of aliphatic hydroxyl groups excluding tert-OH is 1. The second-order valence-electron chi connectivity index (χ2n) is 7.61. The third kappa shape index (κ3) is 4.60. The lowest BCUT2D eigenvalue weighted by Crippen LogP contribution is -2.45. The average Bonchev–Trinajstić information content (AvgIpc) is 3.08. The van der Waals surface area contributed by atoms with Crippen LogP contribution in [0.5, 0.6) is 0 Å². The van der Waals surface area contributed by atoms with Crippen molar-refractivity contribution in [3.8, 4) is 0 Å². The van der Waals surface area contributed by atoms with Crippen LogP contribution in [-0.4, -0.2) is 54.3 Å². The summed E-state index contributed by atoms with van der Waals surface area (Å²) in [6.45, 7) is 7.65. The quantitative estimate of drug-likeness (QED) is 0.829. The molecule has 0 saturated carbocycles. The van der Waals surface area contributed by atoms with Crippen molar-refractivity contribution in [2.45, 2.75) is 70.3 Å².